The Morgan fingerprint density at radius 3 is 2.80 bits per heavy atom. The van der Waals surface area contributed by atoms with Gasteiger partial charge in [-0.2, -0.15) is 0 Å². The minimum atomic E-state index is -0.287. The number of carbonyl (C=O) groups excluding carboxylic acids is 1. The van der Waals surface area contributed by atoms with Gasteiger partial charge in [0, 0.05) is 36.4 Å². The number of carbonyl (C=O) groups is 1. The lowest BCUT2D eigenvalue weighted by Crippen LogP contribution is -2.24. The van der Waals surface area contributed by atoms with E-state index >= 15 is 0 Å². The Kier molecular flexibility index (Phi) is 3.50. The first-order chi connectivity index (χ1) is 9.67. The lowest BCUT2D eigenvalue weighted by molar-refractivity contribution is -0.117. The highest BCUT2D eigenvalue weighted by Gasteiger charge is 2.31. The molecule has 1 aromatic carbocycles. The highest BCUT2D eigenvalue weighted by atomic mass is 32.1. The van der Waals surface area contributed by atoms with Crippen LogP contribution >= 0.6 is 11.3 Å². The van der Waals surface area contributed by atoms with Crippen molar-refractivity contribution in [2.75, 3.05) is 18.1 Å². The van der Waals surface area contributed by atoms with Crippen LogP contribution in [0.1, 0.15) is 6.42 Å². The quantitative estimate of drug-likeness (QED) is 0.944. The summed E-state index contributed by atoms with van der Waals surface area (Å²) < 4.78 is 12.9. The smallest absolute Gasteiger partial charge is 0.229 e. The van der Waals surface area contributed by atoms with E-state index in [4.69, 9.17) is 5.11 Å². The summed E-state index contributed by atoms with van der Waals surface area (Å²) in [6.07, 6.45) is 0.363. The number of aliphatic hydroxyl groups excluding tert-OH is 1. The molecule has 2 aromatic rings. The molecule has 1 N–H and O–H groups in total. The van der Waals surface area contributed by atoms with Crippen LogP contribution in [0.4, 0.5) is 9.52 Å². The van der Waals surface area contributed by atoms with E-state index in [2.05, 4.69) is 4.98 Å². The molecule has 0 spiro atoms. The van der Waals surface area contributed by atoms with Crippen molar-refractivity contribution in [3.05, 3.63) is 35.5 Å². The van der Waals surface area contributed by atoms with Crippen molar-refractivity contribution in [3.63, 3.8) is 0 Å². The lowest BCUT2D eigenvalue weighted by Gasteiger charge is -2.11. The molecule has 1 atom stereocenters. The van der Waals surface area contributed by atoms with Gasteiger partial charge in [0.05, 0.1) is 5.69 Å². The van der Waals surface area contributed by atoms with Crippen molar-refractivity contribution in [3.8, 4) is 11.3 Å². The molecule has 1 aliphatic rings. The number of benzene rings is 1. The molecule has 104 valence electrons. The van der Waals surface area contributed by atoms with Gasteiger partial charge in [-0.1, -0.05) is 0 Å². The number of halogens is 1. The molecule has 6 heteroatoms. The first kappa shape index (κ1) is 13.2. The minimum Gasteiger partial charge on any atom is -0.396 e. The SMILES string of the molecule is O=C1CC(CO)CN1c1nc(-c2ccc(F)cc2)cs1. The molecule has 0 radical (unpaired) electrons. The fourth-order valence-corrected chi connectivity index (χ4v) is 3.09. The summed E-state index contributed by atoms with van der Waals surface area (Å²) in [6.45, 7) is 0.518. The van der Waals surface area contributed by atoms with E-state index < -0.39 is 0 Å². The van der Waals surface area contributed by atoms with E-state index in [0.29, 0.717) is 18.1 Å². The van der Waals surface area contributed by atoms with Gasteiger partial charge in [-0.3, -0.25) is 9.69 Å². The van der Waals surface area contributed by atoms with Gasteiger partial charge in [0.25, 0.3) is 0 Å². The van der Waals surface area contributed by atoms with Crippen molar-refractivity contribution in [1.29, 1.82) is 0 Å². The van der Waals surface area contributed by atoms with E-state index in [1.165, 1.54) is 23.5 Å². The second-order valence-electron chi connectivity index (χ2n) is 4.78. The Labute approximate surface area is 119 Å². The van der Waals surface area contributed by atoms with Gasteiger partial charge in [-0.15, -0.1) is 11.3 Å². The van der Waals surface area contributed by atoms with Crippen LogP contribution in [0.15, 0.2) is 29.6 Å². The first-order valence-corrected chi connectivity index (χ1v) is 7.18. The topological polar surface area (TPSA) is 53.4 Å². The van der Waals surface area contributed by atoms with Crippen LogP contribution in [0, 0.1) is 11.7 Å². The first-order valence-electron chi connectivity index (χ1n) is 6.30. The molecule has 1 amide bonds. The van der Waals surface area contributed by atoms with E-state index in [0.717, 1.165) is 11.3 Å². The van der Waals surface area contributed by atoms with Crippen LogP contribution in [0.2, 0.25) is 0 Å². The number of thiazole rings is 1. The molecule has 1 aromatic heterocycles. The summed E-state index contributed by atoms with van der Waals surface area (Å²) in [7, 11) is 0. The van der Waals surface area contributed by atoms with Gasteiger partial charge in [0.15, 0.2) is 5.13 Å². The minimum absolute atomic E-state index is 0.0101. The molecule has 0 bridgehead atoms. The van der Waals surface area contributed by atoms with Crippen molar-refractivity contribution in [2.45, 2.75) is 6.42 Å². The molecule has 0 saturated carbocycles. The third-order valence-corrected chi connectivity index (χ3v) is 4.19. The molecule has 1 aliphatic heterocycles. The molecule has 1 saturated heterocycles. The van der Waals surface area contributed by atoms with Gasteiger partial charge < -0.3 is 5.11 Å². The molecular weight excluding hydrogens is 279 g/mol. The predicted octanol–water partition coefficient (Wildman–Crippen LogP) is 2.29. The highest BCUT2D eigenvalue weighted by molar-refractivity contribution is 7.14. The largest absolute Gasteiger partial charge is 0.396 e. The molecule has 4 nitrogen and oxygen atoms in total. The van der Waals surface area contributed by atoms with Crippen LogP contribution in [0.25, 0.3) is 11.3 Å². The number of aliphatic hydroxyl groups is 1. The summed E-state index contributed by atoms with van der Waals surface area (Å²) in [5, 5.41) is 11.6. The van der Waals surface area contributed by atoms with Crippen LogP contribution in [0.5, 0.6) is 0 Å². The number of anilines is 1. The van der Waals surface area contributed by atoms with Gasteiger partial charge in [-0.05, 0) is 24.3 Å². The van der Waals surface area contributed by atoms with Gasteiger partial charge >= 0.3 is 0 Å². The van der Waals surface area contributed by atoms with Crippen molar-refractivity contribution in [1.82, 2.24) is 4.98 Å². The molecule has 0 aliphatic carbocycles. The Balaban J connectivity index is 1.83. The Morgan fingerprint density at radius 1 is 1.40 bits per heavy atom. The fourth-order valence-electron chi connectivity index (χ4n) is 2.23. The third kappa shape index (κ3) is 2.44. The Hall–Kier alpha value is -1.79. The van der Waals surface area contributed by atoms with E-state index in [1.807, 2.05) is 5.38 Å². The maximum Gasteiger partial charge on any atom is 0.229 e. The Morgan fingerprint density at radius 2 is 2.15 bits per heavy atom. The molecule has 20 heavy (non-hydrogen) atoms. The van der Waals surface area contributed by atoms with Crippen LogP contribution in [-0.4, -0.2) is 29.1 Å². The summed E-state index contributed by atoms with van der Waals surface area (Å²) in [5.74, 6) is -0.311. The van der Waals surface area contributed by atoms with E-state index in [9.17, 15) is 9.18 Å². The summed E-state index contributed by atoms with van der Waals surface area (Å²) in [6, 6.07) is 6.10. The molecule has 1 unspecified atom stereocenters. The average molecular weight is 292 g/mol. The summed E-state index contributed by atoms with van der Waals surface area (Å²) in [4.78, 5) is 17.9. The fraction of sp³-hybridized carbons (Fsp3) is 0.286. The molecule has 1 fully saturated rings. The summed E-state index contributed by atoms with van der Waals surface area (Å²) >= 11 is 1.38. The van der Waals surface area contributed by atoms with Crippen LogP contribution < -0.4 is 4.90 Å². The number of hydrogen-bond acceptors (Lipinski definition) is 4. The standard InChI is InChI=1S/C14H13FN2O2S/c15-11-3-1-10(2-4-11)12-8-20-14(16-12)17-6-9(7-18)5-13(17)19/h1-4,8-9,18H,5-7H2. The van der Waals surface area contributed by atoms with Crippen molar-refractivity contribution < 1.29 is 14.3 Å². The number of aromatic nitrogens is 1. The second kappa shape index (κ2) is 5.30. The number of rotatable bonds is 3. The molecule has 3 rings (SSSR count). The average Bonchev–Trinajstić information content (AvgIpc) is 3.06. The third-order valence-electron chi connectivity index (χ3n) is 3.33. The molecule has 2 heterocycles. The van der Waals surface area contributed by atoms with Gasteiger partial charge in [-0.25, -0.2) is 9.37 Å². The number of nitrogens with zero attached hydrogens (tertiary/aromatic N) is 2. The van der Waals surface area contributed by atoms with Crippen LogP contribution in [-0.2, 0) is 4.79 Å². The van der Waals surface area contributed by atoms with Gasteiger partial charge in [0.2, 0.25) is 5.91 Å². The van der Waals surface area contributed by atoms with Crippen molar-refractivity contribution in [2.24, 2.45) is 5.92 Å². The zero-order valence-corrected chi connectivity index (χ0v) is 11.4. The zero-order valence-electron chi connectivity index (χ0n) is 10.6. The Bertz CT molecular complexity index is 626. The lowest BCUT2D eigenvalue weighted by atomic mass is 10.1. The van der Waals surface area contributed by atoms with E-state index in [-0.39, 0.29) is 24.2 Å². The molecular formula is C14H13FN2O2S. The maximum atomic E-state index is 12.9. The number of amides is 1. The van der Waals surface area contributed by atoms with Gasteiger partial charge in [0.1, 0.15) is 5.82 Å². The number of hydrogen-bond donors (Lipinski definition) is 1. The predicted molar refractivity (Wildman–Crippen MR) is 75.1 cm³/mol. The summed E-state index contributed by atoms with van der Waals surface area (Å²) in [5.41, 5.74) is 1.55. The second-order valence-corrected chi connectivity index (χ2v) is 5.62. The van der Waals surface area contributed by atoms with Crippen LogP contribution in [0.3, 0.4) is 0 Å². The van der Waals surface area contributed by atoms with Crippen molar-refractivity contribution >= 4 is 22.4 Å². The van der Waals surface area contributed by atoms with E-state index in [1.54, 1.807) is 17.0 Å². The highest BCUT2D eigenvalue weighted by Crippen LogP contribution is 2.31. The normalized spacial score (nSPS) is 18.8. The maximum absolute atomic E-state index is 12.9. The zero-order chi connectivity index (χ0) is 14.1. The monoisotopic (exact) mass is 292 g/mol.